The summed E-state index contributed by atoms with van der Waals surface area (Å²) in [6.07, 6.45) is 3.52. The Labute approximate surface area is 264 Å². The van der Waals surface area contributed by atoms with Crippen molar-refractivity contribution in [1.29, 1.82) is 0 Å². The Bertz CT molecular complexity index is 2190. The van der Waals surface area contributed by atoms with Gasteiger partial charge in [0.2, 0.25) is 0 Å². The molecule has 7 aromatic rings. The van der Waals surface area contributed by atoms with Crippen LogP contribution in [0.15, 0.2) is 90.2 Å². The number of nitrogens with one attached hydrogen (secondary N) is 2. The highest BCUT2D eigenvalue weighted by Gasteiger charge is 2.34. The standard InChI is InChI=1S/C18H20N6O.C14H11N5O.CH4/c1-22-12-19-16-17(23-7-9-25-10-8-23)20-15-11-14(21-24(15)18(16)22)13-5-3-2-4-6-13;1-18-8-15-12-13(20)16-11-7-10(17-19(11)14(12)18)9-5-3-2-4-6-9;/h2-6,11-12,17,20H,7-10H2,1H3;2-8H,1H3,(H,16,20);1H4. The lowest BCUT2D eigenvalue weighted by atomic mass is 10.1. The highest BCUT2D eigenvalue weighted by Crippen LogP contribution is 2.36. The Kier molecular flexibility index (Phi) is 7.47. The molecule has 1 atom stereocenters. The zero-order valence-corrected chi connectivity index (χ0v) is 24.8. The lowest BCUT2D eigenvalue weighted by Gasteiger charge is -2.36. The van der Waals surface area contributed by atoms with Crippen LogP contribution in [0, 0.1) is 0 Å². The number of aromatic nitrogens is 9. The molecule has 234 valence electrons. The number of fused-ring (bicyclic) bond motifs is 6. The molecule has 0 bridgehead atoms. The van der Waals surface area contributed by atoms with Gasteiger partial charge in [0.05, 0.1) is 37.3 Å². The topological polar surface area (TPSA) is 128 Å². The molecule has 5 aromatic heterocycles. The molecule has 9 rings (SSSR count). The molecule has 2 N–H and O–H groups in total. The number of morpholine rings is 1. The van der Waals surface area contributed by atoms with E-state index in [0.29, 0.717) is 16.8 Å². The Morgan fingerprint density at radius 3 is 2.17 bits per heavy atom. The fourth-order valence-corrected chi connectivity index (χ4v) is 5.99. The first-order chi connectivity index (χ1) is 22.0. The zero-order chi connectivity index (χ0) is 30.5. The molecule has 7 heterocycles. The number of hydrogen-bond donors (Lipinski definition) is 2. The Morgan fingerprint density at radius 2 is 1.48 bits per heavy atom. The van der Waals surface area contributed by atoms with Gasteiger partial charge in [0, 0.05) is 50.4 Å². The van der Waals surface area contributed by atoms with E-state index in [0.717, 1.165) is 66.1 Å². The molecule has 13 nitrogen and oxygen atoms in total. The maximum Gasteiger partial charge on any atom is 0.279 e. The van der Waals surface area contributed by atoms with Gasteiger partial charge < -0.3 is 24.2 Å². The summed E-state index contributed by atoms with van der Waals surface area (Å²) in [5.74, 6) is 2.01. The van der Waals surface area contributed by atoms with Crippen molar-refractivity contribution in [3.8, 4) is 28.3 Å². The summed E-state index contributed by atoms with van der Waals surface area (Å²) < 4.78 is 13.0. The van der Waals surface area contributed by atoms with Crippen LogP contribution in [-0.4, -0.2) is 74.7 Å². The van der Waals surface area contributed by atoms with Crippen molar-refractivity contribution in [2.45, 2.75) is 13.6 Å². The van der Waals surface area contributed by atoms with Crippen LogP contribution in [-0.2, 0) is 18.8 Å². The number of H-pyrrole nitrogens is 1. The number of rotatable bonds is 3. The number of aryl methyl sites for hydroxylation is 2. The lowest BCUT2D eigenvalue weighted by Crippen LogP contribution is -2.44. The van der Waals surface area contributed by atoms with Crippen LogP contribution in [0.2, 0.25) is 0 Å². The van der Waals surface area contributed by atoms with Crippen LogP contribution in [0.5, 0.6) is 0 Å². The molecule has 1 unspecified atom stereocenters. The number of aromatic amines is 1. The van der Waals surface area contributed by atoms with Crippen molar-refractivity contribution < 1.29 is 4.74 Å². The highest BCUT2D eigenvalue weighted by atomic mass is 16.5. The number of benzene rings is 2. The number of anilines is 1. The summed E-state index contributed by atoms with van der Waals surface area (Å²) in [4.78, 5) is 25.9. The van der Waals surface area contributed by atoms with Gasteiger partial charge in [-0.3, -0.25) is 9.69 Å². The molecule has 2 aliphatic rings. The van der Waals surface area contributed by atoms with Crippen molar-refractivity contribution in [3.05, 3.63) is 101 Å². The van der Waals surface area contributed by atoms with Gasteiger partial charge in [0.1, 0.15) is 23.3 Å². The van der Waals surface area contributed by atoms with Crippen molar-refractivity contribution in [1.82, 2.24) is 48.4 Å². The van der Waals surface area contributed by atoms with E-state index in [1.807, 2.05) is 84.3 Å². The van der Waals surface area contributed by atoms with Gasteiger partial charge in [-0.2, -0.15) is 19.4 Å². The van der Waals surface area contributed by atoms with Gasteiger partial charge in [0.25, 0.3) is 5.56 Å². The molecule has 2 aliphatic heterocycles. The van der Waals surface area contributed by atoms with E-state index in [1.165, 1.54) is 0 Å². The summed E-state index contributed by atoms with van der Waals surface area (Å²) in [5, 5.41) is 13.0. The Hall–Kier alpha value is -5.53. The second-order valence-electron chi connectivity index (χ2n) is 11.1. The minimum Gasteiger partial charge on any atom is -0.379 e. The SMILES string of the molecule is C.Cn1cnc2c(=O)[nH]c3cc(-c4ccccc4)nn3c21.Cn1cnc2c1-n1nc(-c3ccccc3)cc1NC2N1CCOCC1. The summed E-state index contributed by atoms with van der Waals surface area (Å²) in [6.45, 7) is 3.31. The van der Waals surface area contributed by atoms with Gasteiger partial charge in [-0.1, -0.05) is 68.1 Å². The number of hydrogen-bond acceptors (Lipinski definition) is 8. The first-order valence-electron chi connectivity index (χ1n) is 14.8. The molecule has 13 heteroatoms. The van der Waals surface area contributed by atoms with Gasteiger partial charge in [-0.25, -0.2) is 9.97 Å². The molecule has 0 saturated carbocycles. The van der Waals surface area contributed by atoms with E-state index in [-0.39, 0.29) is 19.2 Å². The predicted molar refractivity (Wildman–Crippen MR) is 177 cm³/mol. The van der Waals surface area contributed by atoms with E-state index in [1.54, 1.807) is 15.4 Å². The van der Waals surface area contributed by atoms with Gasteiger partial charge in [-0.15, -0.1) is 0 Å². The third kappa shape index (κ3) is 4.95. The average Bonchev–Trinajstić information content (AvgIpc) is 3.87. The maximum atomic E-state index is 12.0. The molecule has 2 aromatic carbocycles. The maximum absolute atomic E-state index is 12.0. The summed E-state index contributed by atoms with van der Waals surface area (Å²) in [5.41, 5.74) is 6.43. The van der Waals surface area contributed by atoms with Gasteiger partial charge in [-0.05, 0) is 0 Å². The molecule has 1 saturated heterocycles. The summed E-state index contributed by atoms with van der Waals surface area (Å²) in [7, 11) is 3.86. The van der Waals surface area contributed by atoms with E-state index in [2.05, 4.69) is 48.5 Å². The molecule has 0 spiro atoms. The normalized spacial score (nSPS) is 15.8. The first-order valence-corrected chi connectivity index (χ1v) is 14.8. The van der Waals surface area contributed by atoms with E-state index in [9.17, 15) is 4.79 Å². The fourth-order valence-electron chi connectivity index (χ4n) is 5.99. The minimum atomic E-state index is -0.201. The molecular weight excluding hydrogens is 582 g/mol. The van der Waals surface area contributed by atoms with Crippen LogP contribution in [0.3, 0.4) is 0 Å². The van der Waals surface area contributed by atoms with E-state index in [4.69, 9.17) is 9.84 Å². The molecule has 0 radical (unpaired) electrons. The number of nitrogens with zero attached hydrogens (tertiary/aromatic N) is 9. The molecular formula is C33H35N11O2. The van der Waals surface area contributed by atoms with Crippen molar-refractivity contribution >= 4 is 22.6 Å². The lowest BCUT2D eigenvalue weighted by molar-refractivity contribution is 0.0204. The fraction of sp³-hybridized carbons (Fsp3) is 0.242. The Morgan fingerprint density at radius 1 is 0.826 bits per heavy atom. The largest absolute Gasteiger partial charge is 0.379 e. The highest BCUT2D eigenvalue weighted by molar-refractivity contribution is 5.75. The van der Waals surface area contributed by atoms with Crippen LogP contribution in [0.25, 0.3) is 45.1 Å². The second-order valence-corrected chi connectivity index (χ2v) is 11.1. The quantitative estimate of drug-likeness (QED) is 0.301. The molecule has 46 heavy (non-hydrogen) atoms. The van der Waals surface area contributed by atoms with Gasteiger partial charge in [0.15, 0.2) is 17.0 Å². The number of imidazole rings is 2. The zero-order valence-electron chi connectivity index (χ0n) is 24.8. The minimum absolute atomic E-state index is 0. The monoisotopic (exact) mass is 617 g/mol. The molecule has 1 fully saturated rings. The van der Waals surface area contributed by atoms with Crippen LogP contribution >= 0.6 is 0 Å². The van der Waals surface area contributed by atoms with Crippen molar-refractivity contribution in [2.24, 2.45) is 14.1 Å². The predicted octanol–water partition coefficient (Wildman–Crippen LogP) is 4.24. The molecule has 0 amide bonds. The molecule has 0 aliphatic carbocycles. The smallest absolute Gasteiger partial charge is 0.279 e. The summed E-state index contributed by atoms with van der Waals surface area (Å²) >= 11 is 0. The first kappa shape index (κ1) is 29.2. The van der Waals surface area contributed by atoms with Crippen LogP contribution in [0.1, 0.15) is 19.3 Å². The van der Waals surface area contributed by atoms with E-state index >= 15 is 0 Å². The summed E-state index contributed by atoms with van der Waals surface area (Å²) in [6, 6.07) is 24.1. The van der Waals surface area contributed by atoms with Crippen LogP contribution < -0.4 is 10.9 Å². The van der Waals surface area contributed by atoms with Crippen LogP contribution in [0.4, 0.5) is 5.82 Å². The van der Waals surface area contributed by atoms with Crippen molar-refractivity contribution in [3.63, 3.8) is 0 Å². The van der Waals surface area contributed by atoms with Crippen molar-refractivity contribution in [2.75, 3.05) is 31.6 Å². The second kappa shape index (κ2) is 11.8. The third-order valence-corrected chi connectivity index (χ3v) is 8.21. The van der Waals surface area contributed by atoms with E-state index < -0.39 is 0 Å². The average molecular weight is 618 g/mol. The third-order valence-electron chi connectivity index (χ3n) is 8.21. The Balaban J connectivity index is 0.000000147. The number of ether oxygens (including phenoxy) is 1. The van der Waals surface area contributed by atoms with Gasteiger partial charge >= 0.3 is 0 Å².